The lowest BCUT2D eigenvalue weighted by molar-refractivity contribution is -0.132. The average molecular weight is 394 g/mol. The van der Waals surface area contributed by atoms with Gasteiger partial charge in [-0.15, -0.1) is 0 Å². The molecule has 4 rings (SSSR count). The Balaban J connectivity index is 1.59. The molecule has 1 fully saturated rings. The van der Waals surface area contributed by atoms with Gasteiger partial charge in [-0.25, -0.2) is 9.18 Å². The molecule has 150 valence electrons. The van der Waals surface area contributed by atoms with E-state index in [2.05, 4.69) is 4.98 Å². The summed E-state index contributed by atoms with van der Waals surface area (Å²) in [4.78, 5) is 30.7. The topological polar surface area (TPSA) is 70.5 Å². The number of nitrogens with zero attached hydrogens (tertiary/aromatic N) is 2. The molecule has 1 atom stereocenters. The second-order valence-corrected chi connectivity index (χ2v) is 7.80. The van der Waals surface area contributed by atoms with Crippen LogP contribution < -0.4 is 0 Å². The molecule has 5 nitrogen and oxygen atoms in total. The molecule has 2 heterocycles. The van der Waals surface area contributed by atoms with Crippen molar-refractivity contribution in [3.05, 3.63) is 64.6 Å². The normalized spacial score (nSPS) is 19.7. The molecule has 29 heavy (non-hydrogen) atoms. The van der Waals surface area contributed by atoms with Crippen LogP contribution in [0.25, 0.3) is 10.9 Å². The molecule has 0 radical (unpaired) electrons. The Morgan fingerprint density at radius 1 is 1.21 bits per heavy atom. The van der Waals surface area contributed by atoms with Crippen molar-refractivity contribution in [3.63, 3.8) is 0 Å². The average Bonchev–Trinajstić information content (AvgIpc) is 2.72. The maximum absolute atomic E-state index is 13.6. The van der Waals surface area contributed by atoms with Crippen LogP contribution in [0.3, 0.4) is 0 Å². The molecular weight excluding hydrogens is 371 g/mol. The van der Waals surface area contributed by atoms with Crippen molar-refractivity contribution < 1.29 is 19.1 Å². The number of piperidine rings is 1. The molecule has 1 amide bonds. The largest absolute Gasteiger partial charge is 0.478 e. The van der Waals surface area contributed by atoms with Crippen molar-refractivity contribution in [1.82, 2.24) is 9.88 Å². The number of carboxylic acid groups (broad SMARTS) is 1. The van der Waals surface area contributed by atoms with E-state index >= 15 is 0 Å². The van der Waals surface area contributed by atoms with Crippen LogP contribution in [0.4, 0.5) is 4.39 Å². The van der Waals surface area contributed by atoms with Crippen LogP contribution in [0, 0.1) is 18.7 Å². The van der Waals surface area contributed by atoms with Gasteiger partial charge in [0, 0.05) is 35.8 Å². The number of halogens is 1. The number of hydrogen-bond donors (Lipinski definition) is 1. The van der Waals surface area contributed by atoms with Crippen molar-refractivity contribution in [2.24, 2.45) is 5.92 Å². The number of rotatable bonds is 3. The summed E-state index contributed by atoms with van der Waals surface area (Å²) in [5, 5.41) is 9.78. The fraction of sp³-hybridized carbons (Fsp3) is 0.348. The number of carboxylic acids is 1. The van der Waals surface area contributed by atoms with E-state index in [-0.39, 0.29) is 17.6 Å². The highest BCUT2D eigenvalue weighted by atomic mass is 19.1. The highest BCUT2D eigenvalue weighted by molar-refractivity contribution is 6.06. The molecule has 1 N–H and O–H groups in total. The number of benzene rings is 1. The number of fused-ring (bicyclic) bond motifs is 1. The summed E-state index contributed by atoms with van der Waals surface area (Å²) in [6.07, 6.45) is 6.76. The Kier molecular flexibility index (Phi) is 5.18. The monoisotopic (exact) mass is 394 g/mol. The Morgan fingerprint density at radius 3 is 2.76 bits per heavy atom. The van der Waals surface area contributed by atoms with E-state index < -0.39 is 5.97 Å². The predicted molar refractivity (Wildman–Crippen MR) is 108 cm³/mol. The van der Waals surface area contributed by atoms with Crippen LogP contribution in [0.1, 0.15) is 41.7 Å². The first kappa shape index (κ1) is 19.3. The lowest BCUT2D eigenvalue weighted by atomic mass is 9.84. The number of carbonyl (C=O) groups excluding carboxylic acids is 1. The first-order chi connectivity index (χ1) is 13.9. The number of pyridine rings is 1. The number of allylic oxidation sites excluding steroid dienone is 2. The Hall–Kier alpha value is -3.02. The number of aryl methyl sites for hydroxylation is 1. The van der Waals surface area contributed by atoms with E-state index in [0.29, 0.717) is 47.2 Å². The standard InChI is InChI=1S/C23H23FN2O3/c1-14-11-20(19-9-8-18(24)12-21(19)25-14)22(27)26-10-2-3-17(13-26)15-4-6-16(7-5-15)23(28)29/h4,6,8-9,11-12,17H,2-3,5,7,10,13H2,1H3,(H,28,29)/t17-/m0/s1. The van der Waals surface area contributed by atoms with Gasteiger partial charge in [-0.1, -0.05) is 17.7 Å². The number of hydrogen-bond acceptors (Lipinski definition) is 3. The molecule has 1 aromatic heterocycles. The Labute approximate surface area is 168 Å². The lowest BCUT2D eigenvalue weighted by Crippen LogP contribution is -2.40. The third kappa shape index (κ3) is 3.92. The van der Waals surface area contributed by atoms with E-state index in [9.17, 15) is 14.0 Å². The first-order valence-electron chi connectivity index (χ1n) is 9.91. The van der Waals surface area contributed by atoms with Crippen molar-refractivity contribution in [2.45, 2.75) is 32.6 Å². The summed E-state index contributed by atoms with van der Waals surface area (Å²) >= 11 is 0. The zero-order valence-corrected chi connectivity index (χ0v) is 16.3. The number of aliphatic carboxylic acids is 1. The molecule has 0 spiro atoms. The Morgan fingerprint density at radius 2 is 2.03 bits per heavy atom. The maximum Gasteiger partial charge on any atom is 0.331 e. The van der Waals surface area contributed by atoms with Crippen LogP contribution in [0.5, 0.6) is 0 Å². The van der Waals surface area contributed by atoms with Crippen LogP contribution in [0.15, 0.2) is 47.6 Å². The number of amides is 1. The van der Waals surface area contributed by atoms with Crippen molar-refractivity contribution in [3.8, 4) is 0 Å². The molecule has 1 aliphatic heterocycles. The molecule has 2 aliphatic rings. The van der Waals surface area contributed by atoms with Gasteiger partial charge in [0.15, 0.2) is 0 Å². The zero-order valence-electron chi connectivity index (χ0n) is 16.3. The minimum atomic E-state index is -0.864. The van der Waals surface area contributed by atoms with Crippen molar-refractivity contribution in [1.29, 1.82) is 0 Å². The van der Waals surface area contributed by atoms with Crippen molar-refractivity contribution in [2.75, 3.05) is 13.1 Å². The second-order valence-electron chi connectivity index (χ2n) is 7.80. The van der Waals surface area contributed by atoms with Crippen LogP contribution in [0.2, 0.25) is 0 Å². The minimum absolute atomic E-state index is 0.0602. The van der Waals surface area contributed by atoms with Gasteiger partial charge in [-0.05, 0) is 56.7 Å². The summed E-state index contributed by atoms with van der Waals surface area (Å²) in [6.45, 7) is 3.10. The molecule has 0 saturated carbocycles. The van der Waals surface area contributed by atoms with E-state index in [1.807, 2.05) is 11.0 Å². The zero-order chi connectivity index (χ0) is 20.5. The second kappa shape index (κ2) is 7.78. The van der Waals surface area contributed by atoms with Crippen molar-refractivity contribution >= 4 is 22.8 Å². The van der Waals surface area contributed by atoms with E-state index in [0.717, 1.165) is 19.3 Å². The van der Waals surface area contributed by atoms with Gasteiger partial charge in [0.25, 0.3) is 5.91 Å². The molecule has 1 saturated heterocycles. The third-order valence-electron chi connectivity index (χ3n) is 5.82. The van der Waals surface area contributed by atoms with Gasteiger partial charge in [0.2, 0.25) is 0 Å². The van der Waals surface area contributed by atoms with Gasteiger partial charge in [0.1, 0.15) is 5.82 Å². The van der Waals surface area contributed by atoms with E-state index in [1.165, 1.54) is 17.7 Å². The maximum atomic E-state index is 13.6. The van der Waals surface area contributed by atoms with Crippen LogP contribution >= 0.6 is 0 Å². The van der Waals surface area contributed by atoms with Gasteiger partial charge in [0.05, 0.1) is 11.1 Å². The predicted octanol–water partition coefficient (Wildman–Crippen LogP) is 4.27. The molecule has 6 heteroatoms. The molecule has 2 aromatic rings. The third-order valence-corrected chi connectivity index (χ3v) is 5.82. The quantitative estimate of drug-likeness (QED) is 0.844. The number of likely N-dealkylation sites (tertiary alicyclic amines) is 1. The van der Waals surface area contributed by atoms with Crippen LogP contribution in [-0.4, -0.2) is 40.0 Å². The summed E-state index contributed by atoms with van der Waals surface area (Å²) in [5.74, 6) is -1.05. The summed E-state index contributed by atoms with van der Waals surface area (Å²) in [7, 11) is 0. The highest BCUT2D eigenvalue weighted by Crippen LogP contribution is 2.32. The fourth-order valence-corrected chi connectivity index (χ4v) is 4.32. The molecule has 0 unspecified atom stereocenters. The fourth-order valence-electron chi connectivity index (χ4n) is 4.32. The Bertz CT molecular complexity index is 1050. The van der Waals surface area contributed by atoms with E-state index in [4.69, 9.17) is 5.11 Å². The smallest absolute Gasteiger partial charge is 0.331 e. The first-order valence-corrected chi connectivity index (χ1v) is 9.91. The van der Waals surface area contributed by atoms with Gasteiger partial charge < -0.3 is 10.0 Å². The summed E-state index contributed by atoms with van der Waals surface area (Å²) in [6, 6.07) is 6.10. The van der Waals surface area contributed by atoms with Gasteiger partial charge in [-0.3, -0.25) is 9.78 Å². The molecule has 1 aromatic carbocycles. The van der Waals surface area contributed by atoms with E-state index in [1.54, 1.807) is 25.1 Å². The molecule has 0 bridgehead atoms. The SMILES string of the molecule is Cc1cc(C(=O)N2CCC[C@H](C3=CC=C(C(=O)O)CC3)C2)c2ccc(F)cc2n1. The number of carbonyl (C=O) groups is 2. The molecule has 1 aliphatic carbocycles. The minimum Gasteiger partial charge on any atom is -0.478 e. The molecular formula is C23H23FN2O3. The summed E-state index contributed by atoms with van der Waals surface area (Å²) < 4.78 is 13.6. The lowest BCUT2D eigenvalue weighted by Gasteiger charge is -2.35. The highest BCUT2D eigenvalue weighted by Gasteiger charge is 2.28. The van der Waals surface area contributed by atoms with Gasteiger partial charge in [-0.2, -0.15) is 0 Å². The number of aromatic nitrogens is 1. The van der Waals surface area contributed by atoms with Crippen LogP contribution in [-0.2, 0) is 4.79 Å². The van der Waals surface area contributed by atoms with Gasteiger partial charge >= 0.3 is 5.97 Å². The summed E-state index contributed by atoms with van der Waals surface area (Å²) in [5.41, 5.74) is 3.37.